The zero-order valence-corrected chi connectivity index (χ0v) is 12.6. The van der Waals surface area contributed by atoms with E-state index in [4.69, 9.17) is 0 Å². The van der Waals surface area contributed by atoms with Crippen molar-refractivity contribution in [3.05, 3.63) is 0 Å². The Balaban J connectivity index is 4.13. The summed E-state index contributed by atoms with van der Waals surface area (Å²) in [6.45, 7) is 3.78. The van der Waals surface area contributed by atoms with Crippen molar-refractivity contribution in [1.82, 2.24) is 14.5 Å². The average Bonchev–Trinajstić information content (AvgIpc) is 2.24. The number of nitrogens with one attached hydrogen (secondary N) is 1. The van der Waals surface area contributed by atoms with E-state index < -0.39 is 10.0 Å². The molecule has 108 valence electrons. The molecule has 0 saturated carbocycles. The monoisotopic (exact) mass is 279 g/mol. The fourth-order valence-electron chi connectivity index (χ4n) is 1.45. The smallest absolute Gasteiger partial charge is 0.219 e. The molecule has 0 aliphatic heterocycles. The molecule has 0 atom stereocenters. The second kappa shape index (κ2) is 8.44. The highest BCUT2D eigenvalue weighted by Gasteiger charge is 2.15. The number of sulfonamides is 1. The second-order valence-electron chi connectivity index (χ2n) is 4.52. The first-order chi connectivity index (χ1) is 8.27. The molecule has 0 rings (SSSR count). The maximum absolute atomic E-state index is 11.6. The predicted molar refractivity (Wildman–Crippen MR) is 72.9 cm³/mol. The van der Waals surface area contributed by atoms with E-state index in [9.17, 15) is 13.2 Å². The maximum Gasteiger partial charge on any atom is 0.219 e. The van der Waals surface area contributed by atoms with Gasteiger partial charge in [-0.1, -0.05) is 6.92 Å². The van der Waals surface area contributed by atoms with Crippen molar-refractivity contribution in [3.63, 3.8) is 0 Å². The van der Waals surface area contributed by atoms with Gasteiger partial charge in [0.15, 0.2) is 0 Å². The Morgan fingerprint density at radius 3 is 2.22 bits per heavy atom. The Morgan fingerprint density at radius 2 is 1.78 bits per heavy atom. The zero-order valence-electron chi connectivity index (χ0n) is 11.8. The van der Waals surface area contributed by atoms with Gasteiger partial charge in [-0.3, -0.25) is 4.79 Å². The summed E-state index contributed by atoms with van der Waals surface area (Å²) < 4.78 is 24.5. The molecule has 1 amide bonds. The fourth-order valence-corrected chi connectivity index (χ4v) is 2.34. The van der Waals surface area contributed by atoms with Gasteiger partial charge in [-0.05, 0) is 27.1 Å². The van der Waals surface area contributed by atoms with E-state index in [1.165, 1.54) is 10.6 Å². The molecule has 0 aliphatic rings. The first-order valence-corrected chi connectivity index (χ1v) is 7.98. The lowest BCUT2D eigenvalue weighted by molar-refractivity contribution is -0.120. The van der Waals surface area contributed by atoms with Crippen LogP contribution in [0.3, 0.4) is 0 Å². The van der Waals surface area contributed by atoms with Gasteiger partial charge in [-0.2, -0.15) is 0 Å². The number of hydrogen-bond acceptors (Lipinski definition) is 4. The molecule has 0 saturated heterocycles. The molecule has 0 aromatic rings. The van der Waals surface area contributed by atoms with Crippen LogP contribution in [0, 0.1) is 0 Å². The van der Waals surface area contributed by atoms with E-state index >= 15 is 0 Å². The van der Waals surface area contributed by atoms with Crippen molar-refractivity contribution in [2.24, 2.45) is 0 Å². The molecule has 0 unspecified atom stereocenters. The van der Waals surface area contributed by atoms with Crippen molar-refractivity contribution in [2.45, 2.75) is 19.8 Å². The molecule has 0 bridgehead atoms. The lowest BCUT2D eigenvalue weighted by atomic mass is 10.4. The fraction of sp³-hybridized carbons (Fsp3) is 0.909. The second-order valence-corrected chi connectivity index (χ2v) is 6.50. The van der Waals surface area contributed by atoms with Crippen molar-refractivity contribution < 1.29 is 13.2 Å². The van der Waals surface area contributed by atoms with Gasteiger partial charge in [0.25, 0.3) is 0 Å². The van der Waals surface area contributed by atoms with Crippen LogP contribution in [0.15, 0.2) is 0 Å². The van der Waals surface area contributed by atoms with Crippen LogP contribution in [0.2, 0.25) is 0 Å². The van der Waals surface area contributed by atoms with Crippen LogP contribution in [0.25, 0.3) is 0 Å². The number of rotatable bonds is 9. The minimum absolute atomic E-state index is 0.0586. The number of carbonyl (C=O) groups is 1. The van der Waals surface area contributed by atoms with Gasteiger partial charge < -0.3 is 10.2 Å². The molecule has 7 heteroatoms. The first kappa shape index (κ1) is 17.3. The molecule has 0 aromatic carbocycles. The van der Waals surface area contributed by atoms with E-state index in [2.05, 4.69) is 5.32 Å². The van der Waals surface area contributed by atoms with Crippen molar-refractivity contribution in [1.29, 1.82) is 0 Å². The van der Waals surface area contributed by atoms with E-state index in [1.807, 2.05) is 19.0 Å². The highest BCUT2D eigenvalue weighted by Crippen LogP contribution is 1.99. The molecule has 0 aliphatic carbocycles. The molecule has 18 heavy (non-hydrogen) atoms. The van der Waals surface area contributed by atoms with Crippen LogP contribution in [-0.2, 0) is 14.8 Å². The summed E-state index contributed by atoms with van der Waals surface area (Å²) in [5, 5.41) is 2.68. The van der Waals surface area contributed by atoms with Gasteiger partial charge in [-0.15, -0.1) is 0 Å². The number of amides is 1. The lowest BCUT2D eigenvalue weighted by Gasteiger charge is -2.21. The van der Waals surface area contributed by atoms with Crippen LogP contribution in [0.1, 0.15) is 19.8 Å². The quantitative estimate of drug-likeness (QED) is 0.630. The predicted octanol–water partition coefficient (Wildman–Crippen LogP) is -0.274. The van der Waals surface area contributed by atoms with Crippen LogP contribution in [0.4, 0.5) is 0 Å². The molecule has 0 spiro atoms. The molecule has 0 aromatic heterocycles. The summed E-state index contributed by atoms with van der Waals surface area (Å²) in [5.41, 5.74) is 0. The Labute approximate surface area is 110 Å². The van der Waals surface area contributed by atoms with Gasteiger partial charge in [0.2, 0.25) is 15.9 Å². The largest absolute Gasteiger partial charge is 0.355 e. The highest BCUT2D eigenvalue weighted by molar-refractivity contribution is 7.88. The summed E-state index contributed by atoms with van der Waals surface area (Å²) in [7, 11) is 0.697. The van der Waals surface area contributed by atoms with Crippen LogP contribution < -0.4 is 5.32 Å². The number of carbonyl (C=O) groups excluding carboxylic acids is 1. The van der Waals surface area contributed by atoms with Crippen molar-refractivity contribution in [2.75, 3.05) is 46.5 Å². The Kier molecular flexibility index (Phi) is 8.13. The van der Waals surface area contributed by atoms with E-state index in [0.717, 1.165) is 13.0 Å². The summed E-state index contributed by atoms with van der Waals surface area (Å²) in [5.74, 6) is -0.0586. The SMILES string of the molecule is CCC(=O)NCCN(CCCN(C)C)S(C)(=O)=O. The van der Waals surface area contributed by atoms with Gasteiger partial charge in [0.05, 0.1) is 6.26 Å². The molecular formula is C11H25N3O3S. The molecule has 0 heterocycles. The van der Waals surface area contributed by atoms with Crippen LogP contribution in [0.5, 0.6) is 0 Å². The summed E-state index contributed by atoms with van der Waals surface area (Å²) in [6.07, 6.45) is 2.39. The molecular weight excluding hydrogens is 254 g/mol. The summed E-state index contributed by atoms with van der Waals surface area (Å²) in [6, 6.07) is 0. The van der Waals surface area contributed by atoms with Crippen molar-refractivity contribution in [3.8, 4) is 0 Å². The average molecular weight is 279 g/mol. The van der Waals surface area contributed by atoms with Gasteiger partial charge in [0.1, 0.15) is 0 Å². The molecule has 1 N–H and O–H groups in total. The first-order valence-electron chi connectivity index (χ1n) is 6.14. The summed E-state index contributed by atoms with van der Waals surface area (Å²) in [4.78, 5) is 13.1. The topological polar surface area (TPSA) is 69.7 Å². The number of hydrogen-bond donors (Lipinski definition) is 1. The normalized spacial score (nSPS) is 12.1. The van der Waals surface area contributed by atoms with E-state index in [1.54, 1.807) is 6.92 Å². The highest BCUT2D eigenvalue weighted by atomic mass is 32.2. The van der Waals surface area contributed by atoms with E-state index in [-0.39, 0.29) is 5.91 Å². The standard InChI is InChI=1S/C11H25N3O3S/c1-5-11(15)12-7-10-14(18(4,16)17)9-6-8-13(2)3/h5-10H2,1-4H3,(H,12,15). The Morgan fingerprint density at radius 1 is 1.17 bits per heavy atom. The molecule has 6 nitrogen and oxygen atoms in total. The Hall–Kier alpha value is -0.660. The molecule has 0 radical (unpaired) electrons. The third kappa shape index (κ3) is 8.43. The lowest BCUT2D eigenvalue weighted by Crippen LogP contribution is -2.39. The number of nitrogens with zero attached hydrogens (tertiary/aromatic N) is 2. The van der Waals surface area contributed by atoms with Crippen molar-refractivity contribution >= 4 is 15.9 Å². The Bertz CT molecular complexity index is 341. The van der Waals surface area contributed by atoms with Gasteiger partial charge in [-0.25, -0.2) is 12.7 Å². The zero-order chi connectivity index (χ0) is 14.2. The van der Waals surface area contributed by atoms with Crippen LogP contribution >= 0.6 is 0 Å². The minimum atomic E-state index is -3.20. The minimum Gasteiger partial charge on any atom is -0.355 e. The van der Waals surface area contributed by atoms with Crippen LogP contribution in [-0.4, -0.2) is 70.1 Å². The summed E-state index contributed by atoms with van der Waals surface area (Å²) >= 11 is 0. The third-order valence-corrected chi connectivity index (χ3v) is 3.79. The third-order valence-electron chi connectivity index (χ3n) is 2.49. The van der Waals surface area contributed by atoms with Gasteiger partial charge in [0, 0.05) is 26.1 Å². The maximum atomic E-state index is 11.6. The molecule has 0 fully saturated rings. The van der Waals surface area contributed by atoms with Gasteiger partial charge >= 0.3 is 0 Å². The van der Waals surface area contributed by atoms with E-state index in [0.29, 0.717) is 26.1 Å².